The van der Waals surface area contributed by atoms with Gasteiger partial charge in [-0.05, 0) is 111 Å². The molecule has 4 aliphatic rings. The highest BCUT2D eigenvalue weighted by Crippen LogP contribution is 2.68. The lowest BCUT2D eigenvalue weighted by Gasteiger charge is -2.61. The number of aliphatic carboxylic acids is 1. The highest BCUT2D eigenvalue weighted by atomic mass is 31.2. The number of carbonyl (C=O) groups is 4. The van der Waals surface area contributed by atoms with Crippen LogP contribution in [0.5, 0.6) is 0 Å². The molecule has 44 heavy (non-hydrogen) atoms. The molecule has 0 aromatic heterocycles. The zero-order valence-electron chi connectivity index (χ0n) is 27.0. The van der Waals surface area contributed by atoms with Gasteiger partial charge in [-0.2, -0.15) is 0 Å². The number of fused-ring (bicyclic) bond motifs is 5. The standard InChI is InChI=1S/C34H55O9P/c1-23(7-14-31(38)42-22-43-32(39)16-19-44(40,41)21-24(20-35)8-13-30(36)37)27-11-12-28-26-10-9-25-6-4-5-17-33(25,2)29(26)15-18-34(27,28)3/h20,23-29H,4-19,21-22H2,1-3H3,(H,36,37)(H,40,41)/t23-,24?,25?,26?,27?,28?,29?,33?,34?/m1/s1. The topological polar surface area (TPSA) is 144 Å². The Morgan fingerprint density at radius 3 is 2.30 bits per heavy atom. The summed E-state index contributed by atoms with van der Waals surface area (Å²) in [5.74, 6) is 1.32. The van der Waals surface area contributed by atoms with Crippen molar-refractivity contribution in [2.24, 2.45) is 52.3 Å². The summed E-state index contributed by atoms with van der Waals surface area (Å²) >= 11 is 0. The molecule has 10 heteroatoms. The summed E-state index contributed by atoms with van der Waals surface area (Å²) in [5.41, 5.74) is 0.881. The predicted octanol–water partition coefficient (Wildman–Crippen LogP) is 6.84. The third-order valence-electron chi connectivity index (χ3n) is 12.7. The third-order valence-corrected chi connectivity index (χ3v) is 14.7. The second kappa shape index (κ2) is 14.8. The lowest BCUT2D eigenvalue weighted by atomic mass is 9.44. The number of hydrogen-bond donors (Lipinski definition) is 2. The quantitative estimate of drug-likeness (QED) is 0.0853. The molecule has 0 aromatic carbocycles. The molecule has 0 radical (unpaired) electrons. The predicted molar refractivity (Wildman–Crippen MR) is 166 cm³/mol. The van der Waals surface area contributed by atoms with Crippen molar-refractivity contribution < 1.29 is 43.2 Å². The molecule has 9 nitrogen and oxygen atoms in total. The van der Waals surface area contributed by atoms with Crippen LogP contribution >= 0.6 is 7.37 Å². The van der Waals surface area contributed by atoms with Crippen molar-refractivity contribution in [3.8, 4) is 0 Å². The Bertz CT molecular complexity index is 1090. The molecule has 0 aliphatic heterocycles. The maximum absolute atomic E-state index is 12.5. The van der Waals surface area contributed by atoms with Gasteiger partial charge in [0, 0.05) is 31.1 Å². The van der Waals surface area contributed by atoms with E-state index in [1.54, 1.807) is 0 Å². The first-order valence-electron chi connectivity index (χ1n) is 17.1. The number of hydrogen-bond acceptors (Lipinski definition) is 7. The first-order chi connectivity index (χ1) is 20.8. The summed E-state index contributed by atoms with van der Waals surface area (Å²) in [6, 6.07) is 0. The molecular weight excluding hydrogens is 583 g/mol. The van der Waals surface area contributed by atoms with E-state index in [1.165, 1.54) is 64.2 Å². The molecular formula is C34H55O9P. The van der Waals surface area contributed by atoms with E-state index in [-0.39, 0.29) is 31.8 Å². The van der Waals surface area contributed by atoms with Crippen molar-refractivity contribution in [2.75, 3.05) is 19.1 Å². The minimum absolute atomic E-state index is 0.0379. The maximum atomic E-state index is 12.5. The molecule has 9 unspecified atom stereocenters. The summed E-state index contributed by atoms with van der Waals surface area (Å²) in [5, 5.41) is 8.74. The van der Waals surface area contributed by atoms with Crippen molar-refractivity contribution in [1.82, 2.24) is 0 Å². The zero-order valence-corrected chi connectivity index (χ0v) is 27.9. The van der Waals surface area contributed by atoms with Crippen molar-refractivity contribution >= 4 is 31.6 Å². The van der Waals surface area contributed by atoms with Crippen LogP contribution in [0.2, 0.25) is 0 Å². The average Bonchev–Trinajstić information content (AvgIpc) is 3.34. The number of rotatable bonds is 15. The van der Waals surface area contributed by atoms with E-state index in [0.29, 0.717) is 29.0 Å². The van der Waals surface area contributed by atoms with E-state index in [9.17, 15) is 28.6 Å². The summed E-state index contributed by atoms with van der Waals surface area (Å²) < 4.78 is 22.5. The van der Waals surface area contributed by atoms with E-state index in [4.69, 9.17) is 14.6 Å². The Hall–Kier alpha value is -1.73. The molecule has 0 saturated heterocycles. The van der Waals surface area contributed by atoms with Gasteiger partial charge in [0.1, 0.15) is 6.29 Å². The first-order valence-corrected chi connectivity index (χ1v) is 19.1. The molecule has 0 amide bonds. The largest absolute Gasteiger partial charge is 0.481 e. The summed E-state index contributed by atoms with van der Waals surface area (Å²) in [6.07, 6.45) is 13.7. The van der Waals surface area contributed by atoms with Crippen molar-refractivity contribution in [3.63, 3.8) is 0 Å². The number of esters is 2. The zero-order chi connectivity index (χ0) is 32.1. The number of carbonyl (C=O) groups excluding carboxylic acids is 3. The minimum atomic E-state index is -3.83. The van der Waals surface area contributed by atoms with Gasteiger partial charge in [0.2, 0.25) is 14.2 Å². The van der Waals surface area contributed by atoms with Crippen LogP contribution in [0.25, 0.3) is 0 Å². The van der Waals surface area contributed by atoms with Gasteiger partial charge in [0.05, 0.1) is 6.42 Å². The van der Waals surface area contributed by atoms with E-state index >= 15 is 0 Å². The molecule has 0 bridgehead atoms. The molecule has 0 spiro atoms. The molecule has 4 aliphatic carbocycles. The second-order valence-electron chi connectivity index (χ2n) is 15.1. The van der Waals surface area contributed by atoms with E-state index in [0.717, 1.165) is 30.1 Å². The van der Waals surface area contributed by atoms with Gasteiger partial charge in [-0.15, -0.1) is 0 Å². The van der Waals surface area contributed by atoms with Gasteiger partial charge in [0.15, 0.2) is 0 Å². The number of ether oxygens (including phenoxy) is 2. The molecule has 10 atom stereocenters. The number of aldehydes is 1. The first kappa shape index (κ1) is 35.1. The SMILES string of the molecule is C[C@H](CCC(=O)OCOC(=O)CCP(=O)(O)CC(C=O)CCC(=O)O)C1CCC2C3CCC4CCCCC4(C)C3CCC21C. The average molecular weight is 639 g/mol. The molecule has 0 aromatic rings. The molecule has 4 saturated carbocycles. The van der Waals surface area contributed by atoms with Gasteiger partial charge >= 0.3 is 17.9 Å². The highest BCUT2D eigenvalue weighted by Gasteiger charge is 2.60. The van der Waals surface area contributed by atoms with Gasteiger partial charge in [-0.1, -0.05) is 33.6 Å². The van der Waals surface area contributed by atoms with Crippen LogP contribution in [-0.4, -0.2) is 53.3 Å². The van der Waals surface area contributed by atoms with Gasteiger partial charge in [-0.25, -0.2) is 0 Å². The lowest BCUT2D eigenvalue weighted by Crippen LogP contribution is -2.53. The fourth-order valence-electron chi connectivity index (χ4n) is 10.4. The van der Waals surface area contributed by atoms with Crippen LogP contribution < -0.4 is 0 Å². The van der Waals surface area contributed by atoms with Crippen LogP contribution in [0.15, 0.2) is 0 Å². The van der Waals surface area contributed by atoms with Gasteiger partial charge in [0.25, 0.3) is 0 Å². The van der Waals surface area contributed by atoms with Crippen LogP contribution in [0, 0.1) is 52.3 Å². The number of carboxylic acids is 1. The molecule has 2 N–H and O–H groups in total. The fraction of sp³-hybridized carbons (Fsp3) is 0.882. The van der Waals surface area contributed by atoms with Gasteiger partial charge in [-0.3, -0.25) is 18.9 Å². The molecule has 0 heterocycles. The van der Waals surface area contributed by atoms with Crippen molar-refractivity contribution in [2.45, 2.75) is 117 Å². The Kier molecular flexibility index (Phi) is 11.8. The second-order valence-corrected chi connectivity index (χ2v) is 17.6. The smallest absolute Gasteiger partial charge is 0.309 e. The fourth-order valence-corrected chi connectivity index (χ4v) is 12.1. The monoisotopic (exact) mass is 638 g/mol. The third kappa shape index (κ3) is 8.15. The van der Waals surface area contributed by atoms with Gasteiger partial charge < -0.3 is 24.3 Å². The Morgan fingerprint density at radius 1 is 0.886 bits per heavy atom. The van der Waals surface area contributed by atoms with Crippen molar-refractivity contribution in [3.05, 3.63) is 0 Å². The summed E-state index contributed by atoms with van der Waals surface area (Å²) in [7, 11) is -3.83. The normalized spacial score (nSPS) is 35.6. The Balaban J connectivity index is 1.16. The maximum Gasteiger partial charge on any atom is 0.309 e. The van der Waals surface area contributed by atoms with Crippen LogP contribution in [0.1, 0.15) is 117 Å². The number of carboxylic acid groups (broad SMARTS) is 1. The van der Waals surface area contributed by atoms with E-state index in [1.807, 2.05) is 0 Å². The van der Waals surface area contributed by atoms with Crippen LogP contribution in [0.4, 0.5) is 0 Å². The Labute approximate surface area is 263 Å². The summed E-state index contributed by atoms with van der Waals surface area (Å²) in [4.78, 5) is 56.5. The summed E-state index contributed by atoms with van der Waals surface area (Å²) in [6.45, 7) is 6.90. The minimum Gasteiger partial charge on any atom is -0.481 e. The molecule has 250 valence electrons. The van der Waals surface area contributed by atoms with E-state index < -0.39 is 44.1 Å². The highest BCUT2D eigenvalue weighted by molar-refractivity contribution is 7.58. The lowest BCUT2D eigenvalue weighted by molar-refractivity contribution is -0.167. The van der Waals surface area contributed by atoms with Crippen LogP contribution in [0.3, 0.4) is 0 Å². The Morgan fingerprint density at radius 2 is 1.59 bits per heavy atom. The van der Waals surface area contributed by atoms with Crippen LogP contribution in [-0.2, 0) is 33.2 Å². The van der Waals surface area contributed by atoms with E-state index in [2.05, 4.69) is 20.8 Å². The molecule has 4 rings (SSSR count). The molecule has 4 fully saturated rings. The van der Waals surface area contributed by atoms with Crippen molar-refractivity contribution in [1.29, 1.82) is 0 Å².